The number of hydrogen-bond donors (Lipinski definition) is 1. The van der Waals surface area contributed by atoms with Crippen molar-refractivity contribution < 1.29 is 13.2 Å². The number of sulfonamides is 1. The minimum atomic E-state index is -3.86. The predicted molar refractivity (Wildman–Crippen MR) is 89.2 cm³/mol. The molecule has 0 radical (unpaired) electrons. The summed E-state index contributed by atoms with van der Waals surface area (Å²) in [5.41, 5.74) is 0.716. The van der Waals surface area contributed by atoms with Gasteiger partial charge in [0.15, 0.2) is 0 Å². The van der Waals surface area contributed by atoms with Gasteiger partial charge in [0.25, 0.3) is 10.0 Å². The molecule has 3 rings (SSSR count). The fourth-order valence-corrected chi connectivity index (χ4v) is 4.59. The summed E-state index contributed by atoms with van der Waals surface area (Å²) in [6.07, 6.45) is 0. The number of anilines is 1. The molecule has 1 N–H and O–H groups in total. The Hall–Kier alpha value is -1.84. The van der Waals surface area contributed by atoms with Crippen LogP contribution in [0.15, 0.2) is 23.2 Å². The van der Waals surface area contributed by atoms with E-state index >= 15 is 0 Å². The maximum Gasteiger partial charge on any atom is 0.281 e. The third-order valence-electron chi connectivity index (χ3n) is 3.08. The highest BCUT2D eigenvalue weighted by Gasteiger charge is 2.25. The third kappa shape index (κ3) is 2.87. The van der Waals surface area contributed by atoms with E-state index in [1.165, 1.54) is 29.0 Å². The van der Waals surface area contributed by atoms with Crippen LogP contribution in [0.1, 0.15) is 10.7 Å². The lowest BCUT2D eigenvalue weighted by molar-refractivity contribution is 0.415. The summed E-state index contributed by atoms with van der Waals surface area (Å²) in [5.74, 6) is 0.465. The van der Waals surface area contributed by atoms with Crippen molar-refractivity contribution in [3.8, 4) is 5.75 Å². The van der Waals surface area contributed by atoms with E-state index in [0.717, 1.165) is 5.01 Å². The number of nitrogens with zero attached hydrogens (tertiary/aromatic N) is 3. The number of methoxy groups -OCH3 is 1. The van der Waals surface area contributed by atoms with E-state index in [1.807, 2.05) is 0 Å². The molecule has 0 spiro atoms. The van der Waals surface area contributed by atoms with Crippen molar-refractivity contribution >= 4 is 43.6 Å². The Morgan fingerprint density at radius 3 is 2.74 bits per heavy atom. The second-order valence-electron chi connectivity index (χ2n) is 4.77. The number of aryl methyl sites for hydroxylation is 2. The average Bonchev–Trinajstić information content (AvgIpc) is 2.92. The number of hydrogen-bond acceptors (Lipinski definition) is 6. The molecule has 0 aliphatic rings. The highest BCUT2D eigenvalue weighted by Crippen LogP contribution is 2.29. The molecule has 7 nitrogen and oxygen atoms in total. The summed E-state index contributed by atoms with van der Waals surface area (Å²) >= 11 is 7.35. The van der Waals surface area contributed by atoms with E-state index in [4.69, 9.17) is 16.3 Å². The molecule has 1 aromatic carbocycles. The van der Waals surface area contributed by atoms with Crippen molar-refractivity contribution in [1.29, 1.82) is 0 Å². The van der Waals surface area contributed by atoms with Crippen molar-refractivity contribution in [1.82, 2.24) is 14.6 Å². The maximum atomic E-state index is 12.7. The van der Waals surface area contributed by atoms with Gasteiger partial charge in [0.05, 0.1) is 23.5 Å². The van der Waals surface area contributed by atoms with Crippen LogP contribution in [0.25, 0.3) is 4.96 Å². The summed E-state index contributed by atoms with van der Waals surface area (Å²) in [4.78, 5) is 4.78. The minimum absolute atomic E-state index is 0.0174. The van der Waals surface area contributed by atoms with Gasteiger partial charge in [-0.05, 0) is 32.0 Å². The molecule has 23 heavy (non-hydrogen) atoms. The highest BCUT2D eigenvalue weighted by molar-refractivity contribution is 7.92. The topological polar surface area (TPSA) is 85.6 Å². The Bertz CT molecular complexity index is 994. The first-order chi connectivity index (χ1) is 10.8. The molecule has 0 amide bonds. The lowest BCUT2D eigenvalue weighted by Gasteiger charge is -2.09. The van der Waals surface area contributed by atoms with Crippen molar-refractivity contribution in [2.24, 2.45) is 0 Å². The molecule has 0 saturated heterocycles. The van der Waals surface area contributed by atoms with Gasteiger partial charge in [-0.2, -0.15) is 18.0 Å². The van der Waals surface area contributed by atoms with Crippen molar-refractivity contribution in [3.63, 3.8) is 0 Å². The normalized spacial score (nSPS) is 11.8. The van der Waals surface area contributed by atoms with Crippen LogP contribution in [0.4, 0.5) is 5.69 Å². The number of benzene rings is 1. The Labute approximate surface area is 141 Å². The number of rotatable bonds is 4. The van der Waals surface area contributed by atoms with Gasteiger partial charge in [0, 0.05) is 0 Å². The molecule has 2 heterocycles. The van der Waals surface area contributed by atoms with Gasteiger partial charge in [0.1, 0.15) is 10.8 Å². The second-order valence-corrected chi connectivity index (χ2v) is 7.94. The van der Waals surface area contributed by atoms with Gasteiger partial charge in [-0.25, -0.2) is 4.98 Å². The Balaban J connectivity index is 2.04. The zero-order valence-corrected chi connectivity index (χ0v) is 14.9. The fraction of sp³-hybridized carbons (Fsp3) is 0.231. The Morgan fingerprint density at radius 1 is 1.35 bits per heavy atom. The first-order valence-electron chi connectivity index (χ1n) is 6.51. The van der Waals surface area contributed by atoms with Crippen molar-refractivity contribution in [3.05, 3.63) is 33.9 Å². The van der Waals surface area contributed by atoms with E-state index in [-0.39, 0.29) is 5.03 Å². The van der Waals surface area contributed by atoms with E-state index in [2.05, 4.69) is 14.8 Å². The average molecular weight is 373 g/mol. The molecule has 0 fully saturated rings. The second kappa shape index (κ2) is 5.66. The SMILES string of the molecule is COc1ccc(NS(=O)(=O)c2c(C)nc3sc(C)nn23)cc1Cl. The van der Waals surface area contributed by atoms with E-state index in [1.54, 1.807) is 26.0 Å². The van der Waals surface area contributed by atoms with Crippen LogP contribution < -0.4 is 9.46 Å². The van der Waals surface area contributed by atoms with Crippen LogP contribution in [0.2, 0.25) is 5.02 Å². The van der Waals surface area contributed by atoms with Crippen molar-refractivity contribution in [2.45, 2.75) is 18.9 Å². The molecule has 0 aliphatic heterocycles. The monoisotopic (exact) mass is 372 g/mol. The van der Waals surface area contributed by atoms with Gasteiger partial charge in [0.2, 0.25) is 9.99 Å². The Kier molecular flexibility index (Phi) is 3.95. The Morgan fingerprint density at radius 2 is 2.09 bits per heavy atom. The zero-order chi connectivity index (χ0) is 16.8. The van der Waals surface area contributed by atoms with Crippen LogP contribution >= 0.6 is 22.9 Å². The molecule has 0 bridgehead atoms. The zero-order valence-electron chi connectivity index (χ0n) is 12.5. The maximum absolute atomic E-state index is 12.7. The molecule has 10 heteroatoms. The number of fused-ring (bicyclic) bond motifs is 1. The molecule has 0 unspecified atom stereocenters. The summed E-state index contributed by atoms with van der Waals surface area (Å²) in [7, 11) is -2.37. The number of aromatic nitrogens is 3. The number of nitrogens with one attached hydrogen (secondary N) is 1. The van der Waals surface area contributed by atoms with E-state index < -0.39 is 10.0 Å². The summed E-state index contributed by atoms with van der Waals surface area (Å²) in [5, 5.41) is 5.26. The number of imidazole rings is 1. The lowest BCUT2D eigenvalue weighted by Crippen LogP contribution is -2.16. The van der Waals surface area contributed by atoms with E-state index in [0.29, 0.717) is 27.1 Å². The van der Waals surface area contributed by atoms with Gasteiger partial charge >= 0.3 is 0 Å². The largest absolute Gasteiger partial charge is 0.495 e. The van der Waals surface area contributed by atoms with Gasteiger partial charge < -0.3 is 4.74 Å². The van der Waals surface area contributed by atoms with Crippen LogP contribution in [-0.4, -0.2) is 30.1 Å². The number of halogens is 1. The first-order valence-corrected chi connectivity index (χ1v) is 9.18. The van der Waals surface area contributed by atoms with Crippen LogP contribution in [-0.2, 0) is 10.0 Å². The van der Waals surface area contributed by atoms with Gasteiger partial charge in [-0.1, -0.05) is 22.9 Å². The molecular formula is C13H13ClN4O3S2. The fourth-order valence-electron chi connectivity index (χ4n) is 2.17. The predicted octanol–water partition coefficient (Wildman–Crippen LogP) is 2.87. The van der Waals surface area contributed by atoms with Crippen LogP contribution in [0.3, 0.4) is 0 Å². The molecule has 3 aromatic rings. The van der Waals surface area contributed by atoms with E-state index in [9.17, 15) is 8.42 Å². The number of ether oxygens (including phenoxy) is 1. The standard InChI is InChI=1S/C13H13ClN4O3S2/c1-7-12(18-13(15-7)22-8(2)16-18)23(19,20)17-9-4-5-11(21-3)10(14)6-9/h4-6,17H,1-3H3. The molecule has 0 saturated carbocycles. The van der Waals surface area contributed by atoms with Gasteiger partial charge in [-0.15, -0.1) is 0 Å². The quantitative estimate of drug-likeness (QED) is 0.761. The molecular weight excluding hydrogens is 360 g/mol. The van der Waals surface area contributed by atoms with Gasteiger partial charge in [-0.3, -0.25) is 4.72 Å². The summed E-state index contributed by atoms with van der Waals surface area (Å²) in [6, 6.07) is 4.64. The third-order valence-corrected chi connectivity index (χ3v) is 5.69. The smallest absolute Gasteiger partial charge is 0.281 e. The highest BCUT2D eigenvalue weighted by atomic mass is 35.5. The lowest BCUT2D eigenvalue weighted by atomic mass is 10.3. The molecule has 122 valence electrons. The van der Waals surface area contributed by atoms with Crippen molar-refractivity contribution in [2.75, 3.05) is 11.8 Å². The molecule has 0 aliphatic carbocycles. The van der Waals surface area contributed by atoms with Crippen LogP contribution in [0.5, 0.6) is 5.75 Å². The summed E-state index contributed by atoms with van der Waals surface area (Å²) < 4.78 is 34.3. The molecule has 2 aromatic heterocycles. The summed E-state index contributed by atoms with van der Waals surface area (Å²) in [6.45, 7) is 3.42. The first kappa shape index (κ1) is 16.0. The molecule has 0 atom stereocenters. The van der Waals surface area contributed by atoms with Crippen LogP contribution in [0, 0.1) is 13.8 Å². The minimum Gasteiger partial charge on any atom is -0.495 e.